The van der Waals surface area contributed by atoms with E-state index in [4.69, 9.17) is 11.2 Å². The molecule has 0 radical (unpaired) electrons. The van der Waals surface area contributed by atoms with Crippen LogP contribution in [0.25, 0.3) is 5.57 Å². The van der Waals surface area contributed by atoms with Crippen LogP contribution in [0.5, 0.6) is 5.75 Å². The van der Waals surface area contributed by atoms with E-state index in [1.165, 1.54) is 12.1 Å². The molecule has 0 saturated carbocycles. The zero-order valence-electron chi connectivity index (χ0n) is 20.9. The average molecular weight is 539 g/mol. The third kappa shape index (κ3) is 5.58. The topological polar surface area (TPSA) is 95.9 Å². The van der Waals surface area contributed by atoms with Crippen LogP contribution in [0.15, 0.2) is 75.7 Å². The number of sulfonamides is 1. The molecule has 0 spiro atoms. The van der Waals surface area contributed by atoms with Crippen molar-refractivity contribution in [3.63, 3.8) is 0 Å². The van der Waals surface area contributed by atoms with Gasteiger partial charge in [-0.05, 0) is 57.0 Å². The van der Waals surface area contributed by atoms with Crippen molar-refractivity contribution >= 4 is 32.4 Å². The lowest BCUT2D eigenvalue weighted by Gasteiger charge is -2.29. The van der Waals surface area contributed by atoms with Gasteiger partial charge in [-0.1, -0.05) is 18.2 Å². The molecule has 0 aromatic heterocycles. The van der Waals surface area contributed by atoms with E-state index < -0.39 is 21.1 Å². The number of allylic oxidation sites excluding steroid dienone is 3. The van der Waals surface area contributed by atoms with Crippen LogP contribution in [-0.4, -0.2) is 36.8 Å². The summed E-state index contributed by atoms with van der Waals surface area (Å²) in [6.45, 7) is 6.04. The fourth-order valence-corrected chi connectivity index (χ4v) is 6.26. The van der Waals surface area contributed by atoms with E-state index in [2.05, 4.69) is 29.4 Å². The van der Waals surface area contributed by atoms with E-state index in [9.17, 15) is 17.2 Å². The number of hydrogen-bond acceptors (Lipinski definition) is 5. The van der Waals surface area contributed by atoms with Gasteiger partial charge in [0.25, 0.3) is 0 Å². The zero-order chi connectivity index (χ0) is 26.6. The number of fused-ring (bicyclic) bond motifs is 2. The van der Waals surface area contributed by atoms with Crippen molar-refractivity contribution < 1.29 is 21.9 Å². The molecule has 0 amide bonds. The molecular weight excluding hydrogens is 508 g/mol. The highest BCUT2D eigenvalue weighted by molar-refractivity contribution is 7.89. The Morgan fingerprint density at radius 3 is 2.62 bits per heavy atom. The minimum atomic E-state index is -3.88. The third-order valence-electron chi connectivity index (χ3n) is 6.35. The van der Waals surface area contributed by atoms with Gasteiger partial charge in [-0.25, -0.2) is 17.3 Å². The fourth-order valence-electron chi connectivity index (χ4n) is 4.50. The predicted molar refractivity (Wildman–Crippen MR) is 147 cm³/mol. The highest BCUT2D eigenvalue weighted by atomic mass is 32.2. The highest BCUT2D eigenvalue weighted by Gasteiger charge is 2.29. The van der Waals surface area contributed by atoms with Crippen LogP contribution in [0.1, 0.15) is 44.2 Å². The second kappa shape index (κ2) is 11.5. The van der Waals surface area contributed by atoms with Gasteiger partial charge in [0.2, 0.25) is 10.0 Å². The summed E-state index contributed by atoms with van der Waals surface area (Å²) >= 11 is -2.45. The molecule has 0 saturated heterocycles. The van der Waals surface area contributed by atoms with Gasteiger partial charge in [0, 0.05) is 60.1 Å². The van der Waals surface area contributed by atoms with Gasteiger partial charge < -0.3 is 14.2 Å². The van der Waals surface area contributed by atoms with E-state index in [0.717, 1.165) is 35.5 Å². The first-order chi connectivity index (χ1) is 17.8. The Kier molecular flexibility index (Phi) is 8.35. The molecule has 2 aromatic carbocycles. The number of unbranched alkanes of at least 4 members (excludes halogenated alkanes) is 1. The van der Waals surface area contributed by atoms with Gasteiger partial charge in [-0.15, -0.1) is 12.3 Å². The van der Waals surface area contributed by atoms with Crippen LogP contribution < -0.4 is 14.4 Å². The van der Waals surface area contributed by atoms with Crippen LogP contribution in [-0.2, 0) is 21.1 Å². The minimum absolute atomic E-state index is 0.00740. The summed E-state index contributed by atoms with van der Waals surface area (Å²) in [4.78, 5) is 2.13. The molecule has 1 aliphatic carbocycles. The van der Waals surface area contributed by atoms with Crippen molar-refractivity contribution in [1.29, 1.82) is 0 Å². The van der Waals surface area contributed by atoms with E-state index >= 15 is 0 Å². The lowest BCUT2D eigenvalue weighted by molar-refractivity contribution is 0.429. The Hall–Kier alpha value is -3.16. The molecule has 37 heavy (non-hydrogen) atoms. The van der Waals surface area contributed by atoms with Gasteiger partial charge in [0.05, 0.1) is 9.79 Å². The van der Waals surface area contributed by atoms with E-state index in [0.29, 0.717) is 36.3 Å². The zero-order valence-corrected chi connectivity index (χ0v) is 22.5. The fraction of sp³-hybridized carbons (Fsp3) is 0.286. The van der Waals surface area contributed by atoms with Crippen molar-refractivity contribution in [2.75, 3.05) is 24.5 Å². The second-order valence-corrected chi connectivity index (χ2v) is 11.3. The van der Waals surface area contributed by atoms with E-state index in [-0.39, 0.29) is 16.3 Å². The van der Waals surface area contributed by atoms with Crippen LogP contribution in [0.3, 0.4) is 0 Å². The number of ether oxygens (including phenoxy) is 1. The average Bonchev–Trinajstić information content (AvgIpc) is 2.90. The number of hydrogen-bond donors (Lipinski definition) is 2. The summed E-state index contributed by atoms with van der Waals surface area (Å²) < 4.78 is 57.2. The molecule has 2 aliphatic rings. The molecule has 194 valence electrons. The van der Waals surface area contributed by atoms with Gasteiger partial charge in [-0.2, -0.15) is 0 Å². The Morgan fingerprint density at radius 2 is 1.92 bits per heavy atom. The number of terminal acetylenes is 1. The van der Waals surface area contributed by atoms with E-state index in [1.54, 1.807) is 6.07 Å². The lowest BCUT2D eigenvalue weighted by Crippen LogP contribution is -2.25. The Morgan fingerprint density at radius 1 is 1.16 bits per heavy atom. The first-order valence-corrected chi connectivity index (χ1v) is 14.8. The molecule has 1 atom stereocenters. The molecule has 2 aromatic rings. The normalized spacial score (nSPS) is 15.2. The van der Waals surface area contributed by atoms with Crippen LogP contribution >= 0.6 is 0 Å². The quantitative estimate of drug-likeness (QED) is 0.255. The maximum absolute atomic E-state index is 12.8. The number of anilines is 1. The molecule has 0 fully saturated rings. The van der Waals surface area contributed by atoms with Crippen LogP contribution in [0.4, 0.5) is 5.69 Å². The van der Waals surface area contributed by atoms with Gasteiger partial charge in [0.15, 0.2) is 11.1 Å². The maximum atomic E-state index is 12.8. The lowest BCUT2D eigenvalue weighted by atomic mass is 9.87. The first-order valence-electron chi connectivity index (χ1n) is 12.2. The summed E-state index contributed by atoms with van der Waals surface area (Å²) in [5.74, 6) is 3.79. The second-order valence-electron chi connectivity index (χ2n) is 8.56. The molecule has 9 heteroatoms. The molecule has 0 bridgehead atoms. The minimum Gasteiger partial charge on any atom is -0.456 e. The number of rotatable bonds is 10. The van der Waals surface area contributed by atoms with Crippen molar-refractivity contribution in [3.05, 3.63) is 77.1 Å². The summed E-state index contributed by atoms with van der Waals surface area (Å²) in [6.07, 6.45) is 12.8. The van der Waals surface area contributed by atoms with Crippen molar-refractivity contribution in [3.8, 4) is 18.1 Å². The molecule has 4 rings (SSSR count). The maximum Gasteiger partial charge on any atom is 0.240 e. The summed E-state index contributed by atoms with van der Waals surface area (Å²) in [7, 11) is -3.88. The number of nitrogens with zero attached hydrogens (tertiary/aromatic N) is 1. The largest absolute Gasteiger partial charge is 0.456 e. The van der Waals surface area contributed by atoms with E-state index in [1.807, 2.05) is 36.4 Å². The van der Waals surface area contributed by atoms with Crippen molar-refractivity contribution in [2.24, 2.45) is 0 Å². The number of benzene rings is 2. The third-order valence-corrected chi connectivity index (χ3v) is 8.53. The van der Waals surface area contributed by atoms with Crippen molar-refractivity contribution in [2.45, 2.75) is 42.9 Å². The summed E-state index contributed by atoms with van der Waals surface area (Å²) in [5.41, 5.74) is 3.76. The SMILES string of the molecule is C#CCCCNS(=O)(=O)c1ccc(C2=C3C=CCC=C3Oc3cc(N(CC)CC)ccc32)c(S(=O)O)c1. The molecule has 7 nitrogen and oxygen atoms in total. The van der Waals surface area contributed by atoms with Gasteiger partial charge >= 0.3 is 0 Å². The molecule has 2 N–H and O–H groups in total. The summed E-state index contributed by atoms with van der Waals surface area (Å²) in [6, 6.07) is 10.2. The molecule has 1 unspecified atom stereocenters. The van der Waals surface area contributed by atoms with Gasteiger partial charge in [-0.3, -0.25) is 0 Å². The Bertz CT molecular complexity index is 1460. The smallest absolute Gasteiger partial charge is 0.240 e. The Labute approximate surface area is 221 Å². The summed E-state index contributed by atoms with van der Waals surface area (Å²) in [5, 5.41) is 0. The van der Waals surface area contributed by atoms with Gasteiger partial charge in [0.1, 0.15) is 11.5 Å². The first kappa shape index (κ1) is 26.9. The Balaban J connectivity index is 1.85. The number of nitrogens with one attached hydrogen (secondary N) is 1. The van der Waals surface area contributed by atoms with Crippen LogP contribution in [0.2, 0.25) is 0 Å². The monoisotopic (exact) mass is 538 g/mol. The molecule has 1 heterocycles. The van der Waals surface area contributed by atoms with Crippen LogP contribution in [0, 0.1) is 12.3 Å². The standard InChI is InChI=1S/C28H30N2O5S2/c1-4-7-10-17-29-37(33,34)21-14-16-24(27(19-21)36(31)32)28-22-11-8-9-12-25(22)35-26-18-20(13-15-23(26)28)30(5-2)6-3/h1,8,11-16,18-19,29H,5-7,9-10,17H2,2-3H3,(H,31,32). The molecule has 1 aliphatic heterocycles. The molecular formula is C28H30N2O5S2. The van der Waals surface area contributed by atoms with Crippen molar-refractivity contribution in [1.82, 2.24) is 4.72 Å². The highest BCUT2D eigenvalue weighted by Crippen LogP contribution is 2.45. The predicted octanol–water partition coefficient (Wildman–Crippen LogP) is 4.84.